The molecule has 1 atom stereocenters. The molecule has 2 aromatic heterocycles. The number of nitrogens with two attached hydrogens (primary N) is 1. The number of anilines is 2. The molecule has 1 fully saturated rings. The minimum absolute atomic E-state index is 0.142. The first-order valence-corrected chi connectivity index (χ1v) is 6.26. The second-order valence-corrected chi connectivity index (χ2v) is 4.93. The van der Waals surface area contributed by atoms with Gasteiger partial charge >= 0.3 is 0 Å². The van der Waals surface area contributed by atoms with Crippen LogP contribution in [-0.2, 0) is 4.74 Å². The first-order valence-electron chi connectivity index (χ1n) is 6.26. The van der Waals surface area contributed by atoms with Crippen LogP contribution in [-0.4, -0.2) is 38.9 Å². The molecule has 0 saturated carbocycles. The van der Waals surface area contributed by atoms with Crippen LogP contribution in [0.15, 0.2) is 6.20 Å². The number of rotatable bonds is 4. The Morgan fingerprint density at radius 1 is 1.53 bits per heavy atom. The molecule has 3 heterocycles. The lowest BCUT2D eigenvalue weighted by Gasteiger charge is -2.23. The highest BCUT2D eigenvalue weighted by molar-refractivity contribution is 5.86. The molecule has 19 heavy (non-hydrogen) atoms. The quantitative estimate of drug-likeness (QED) is 0.472. The summed E-state index contributed by atoms with van der Waals surface area (Å²) >= 11 is 0. The summed E-state index contributed by atoms with van der Waals surface area (Å²) in [6.07, 6.45) is 3.83. The second kappa shape index (κ2) is 4.63. The number of hydrogen-bond donors (Lipinski definition) is 4. The van der Waals surface area contributed by atoms with Crippen molar-refractivity contribution in [1.29, 1.82) is 0 Å². The van der Waals surface area contributed by atoms with Crippen LogP contribution in [0.1, 0.15) is 19.8 Å². The lowest BCUT2D eigenvalue weighted by atomic mass is 10.0. The fourth-order valence-electron chi connectivity index (χ4n) is 2.28. The van der Waals surface area contributed by atoms with E-state index in [-0.39, 0.29) is 5.60 Å². The van der Waals surface area contributed by atoms with Gasteiger partial charge in [-0.2, -0.15) is 15.1 Å². The number of aromatic nitrogens is 4. The number of nitrogens with one attached hydrogen (secondary N) is 3. The van der Waals surface area contributed by atoms with Crippen LogP contribution in [0.5, 0.6) is 0 Å². The summed E-state index contributed by atoms with van der Waals surface area (Å²) < 4.78 is 5.74. The number of hydrazine groups is 1. The summed E-state index contributed by atoms with van der Waals surface area (Å²) in [6, 6.07) is 0. The van der Waals surface area contributed by atoms with E-state index in [0.717, 1.165) is 24.8 Å². The summed E-state index contributed by atoms with van der Waals surface area (Å²) in [7, 11) is 0. The maximum atomic E-state index is 5.74. The van der Waals surface area contributed by atoms with Gasteiger partial charge in [0, 0.05) is 13.2 Å². The highest BCUT2D eigenvalue weighted by atomic mass is 16.5. The Hall–Kier alpha value is -1.93. The molecular weight excluding hydrogens is 246 g/mol. The topological polar surface area (TPSA) is 114 Å². The Morgan fingerprint density at radius 3 is 3.16 bits per heavy atom. The van der Waals surface area contributed by atoms with Crippen molar-refractivity contribution in [3.8, 4) is 0 Å². The standard InChI is InChI=1S/C11H17N7O/c1-11(3-2-4-19-11)6-13-8-7-5-14-18-9(7)16-10(15-8)17-12/h5H,2-4,6,12H2,1H3,(H3,13,14,15,16,17,18). The van der Waals surface area contributed by atoms with Gasteiger partial charge in [-0.1, -0.05) is 0 Å². The lowest BCUT2D eigenvalue weighted by molar-refractivity contribution is 0.0315. The second-order valence-electron chi connectivity index (χ2n) is 4.93. The van der Waals surface area contributed by atoms with E-state index in [1.807, 2.05) is 0 Å². The van der Waals surface area contributed by atoms with Gasteiger partial charge < -0.3 is 10.1 Å². The van der Waals surface area contributed by atoms with Crippen LogP contribution < -0.4 is 16.6 Å². The van der Waals surface area contributed by atoms with Crippen molar-refractivity contribution in [2.24, 2.45) is 5.84 Å². The van der Waals surface area contributed by atoms with E-state index in [2.05, 4.69) is 37.8 Å². The maximum Gasteiger partial charge on any atom is 0.241 e. The molecule has 1 saturated heterocycles. The third-order valence-electron chi connectivity index (χ3n) is 3.37. The molecular formula is C11H17N7O. The molecule has 1 aliphatic heterocycles. The van der Waals surface area contributed by atoms with Gasteiger partial charge in [0.1, 0.15) is 5.82 Å². The fraction of sp³-hybridized carbons (Fsp3) is 0.545. The van der Waals surface area contributed by atoms with Crippen molar-refractivity contribution >= 4 is 22.8 Å². The molecule has 5 N–H and O–H groups in total. The third kappa shape index (κ3) is 2.32. The van der Waals surface area contributed by atoms with Gasteiger partial charge in [-0.25, -0.2) is 5.84 Å². The van der Waals surface area contributed by atoms with Crippen LogP contribution in [0.3, 0.4) is 0 Å². The van der Waals surface area contributed by atoms with E-state index in [1.54, 1.807) is 6.20 Å². The molecule has 0 aromatic carbocycles. The number of hydrogen-bond acceptors (Lipinski definition) is 7. The lowest BCUT2D eigenvalue weighted by Crippen LogP contribution is -2.32. The normalized spacial score (nSPS) is 22.8. The Kier molecular flexibility index (Phi) is 2.96. The zero-order valence-electron chi connectivity index (χ0n) is 10.7. The predicted molar refractivity (Wildman–Crippen MR) is 71.6 cm³/mol. The van der Waals surface area contributed by atoms with E-state index in [4.69, 9.17) is 10.6 Å². The van der Waals surface area contributed by atoms with E-state index in [1.165, 1.54) is 0 Å². The first-order chi connectivity index (χ1) is 9.20. The highest BCUT2D eigenvalue weighted by Gasteiger charge is 2.29. The number of ether oxygens (including phenoxy) is 1. The van der Waals surface area contributed by atoms with Gasteiger partial charge in [-0.3, -0.25) is 10.5 Å². The van der Waals surface area contributed by atoms with Gasteiger partial charge in [0.2, 0.25) is 5.95 Å². The minimum Gasteiger partial charge on any atom is -0.373 e. The molecule has 1 aliphatic rings. The van der Waals surface area contributed by atoms with E-state index >= 15 is 0 Å². The van der Waals surface area contributed by atoms with Crippen molar-refractivity contribution in [3.63, 3.8) is 0 Å². The molecule has 102 valence electrons. The number of fused-ring (bicyclic) bond motifs is 1. The third-order valence-corrected chi connectivity index (χ3v) is 3.37. The minimum atomic E-state index is -0.142. The Morgan fingerprint density at radius 2 is 2.42 bits per heavy atom. The molecule has 8 nitrogen and oxygen atoms in total. The van der Waals surface area contributed by atoms with Crippen LogP contribution in [0.2, 0.25) is 0 Å². The van der Waals surface area contributed by atoms with Crippen molar-refractivity contribution in [3.05, 3.63) is 6.20 Å². The van der Waals surface area contributed by atoms with Gasteiger partial charge in [-0.05, 0) is 19.8 Å². The molecule has 0 spiro atoms. The monoisotopic (exact) mass is 263 g/mol. The van der Waals surface area contributed by atoms with Crippen LogP contribution >= 0.6 is 0 Å². The smallest absolute Gasteiger partial charge is 0.241 e. The van der Waals surface area contributed by atoms with Gasteiger partial charge in [0.05, 0.1) is 17.2 Å². The molecule has 8 heteroatoms. The maximum absolute atomic E-state index is 5.74. The fourth-order valence-corrected chi connectivity index (χ4v) is 2.28. The van der Waals surface area contributed by atoms with Crippen LogP contribution in [0.25, 0.3) is 11.0 Å². The summed E-state index contributed by atoms with van der Waals surface area (Å²) in [5.74, 6) is 6.40. The van der Waals surface area contributed by atoms with Crippen molar-refractivity contribution in [1.82, 2.24) is 20.2 Å². The average molecular weight is 263 g/mol. The van der Waals surface area contributed by atoms with E-state index in [9.17, 15) is 0 Å². The number of H-pyrrole nitrogens is 1. The summed E-state index contributed by atoms with van der Waals surface area (Å²) in [6.45, 7) is 3.61. The first kappa shape index (κ1) is 12.1. The number of nitrogen functional groups attached to an aromatic ring is 1. The van der Waals surface area contributed by atoms with Crippen LogP contribution in [0.4, 0.5) is 11.8 Å². The van der Waals surface area contributed by atoms with Crippen molar-refractivity contribution in [2.45, 2.75) is 25.4 Å². The Bertz CT molecular complexity index is 575. The van der Waals surface area contributed by atoms with E-state index in [0.29, 0.717) is 24.0 Å². The number of aromatic amines is 1. The zero-order valence-corrected chi connectivity index (χ0v) is 10.7. The summed E-state index contributed by atoms with van der Waals surface area (Å²) in [5, 5.41) is 10.9. The van der Waals surface area contributed by atoms with E-state index < -0.39 is 0 Å². The molecule has 2 aromatic rings. The van der Waals surface area contributed by atoms with Crippen molar-refractivity contribution in [2.75, 3.05) is 23.9 Å². The SMILES string of the molecule is CC1(CNc2nc(NN)nc3[nH]ncc23)CCCO1. The van der Waals surface area contributed by atoms with Gasteiger partial charge in [0.15, 0.2) is 5.65 Å². The Labute approximate surface area is 110 Å². The molecule has 0 aliphatic carbocycles. The van der Waals surface area contributed by atoms with Gasteiger partial charge in [-0.15, -0.1) is 0 Å². The molecule has 0 radical (unpaired) electrons. The molecule has 1 unspecified atom stereocenters. The van der Waals surface area contributed by atoms with Gasteiger partial charge in [0.25, 0.3) is 0 Å². The Balaban J connectivity index is 1.85. The summed E-state index contributed by atoms with van der Waals surface area (Å²) in [4.78, 5) is 8.48. The largest absolute Gasteiger partial charge is 0.373 e. The highest BCUT2D eigenvalue weighted by Crippen LogP contribution is 2.26. The number of nitrogens with zero attached hydrogens (tertiary/aromatic N) is 3. The predicted octanol–water partition coefficient (Wildman–Crippen LogP) is 0.619. The molecule has 0 amide bonds. The molecule has 0 bridgehead atoms. The summed E-state index contributed by atoms with van der Waals surface area (Å²) in [5.41, 5.74) is 2.95. The zero-order chi connectivity index (χ0) is 13.3. The average Bonchev–Trinajstić information content (AvgIpc) is 3.04. The van der Waals surface area contributed by atoms with Crippen LogP contribution in [0, 0.1) is 0 Å². The molecule has 3 rings (SSSR count). The van der Waals surface area contributed by atoms with Crippen molar-refractivity contribution < 1.29 is 4.74 Å².